The Morgan fingerprint density at radius 1 is 0.966 bits per heavy atom. The molecule has 6 nitrogen and oxygen atoms in total. The fraction of sp³-hybridized carbons (Fsp3) is 0.409. The fourth-order valence-electron chi connectivity index (χ4n) is 2.84. The van der Waals surface area contributed by atoms with Crippen molar-refractivity contribution in [3.8, 4) is 23.0 Å². The van der Waals surface area contributed by atoms with Crippen molar-refractivity contribution in [2.24, 2.45) is 0 Å². The van der Waals surface area contributed by atoms with Crippen LogP contribution in [0, 0.1) is 5.82 Å². The zero-order valence-corrected chi connectivity index (χ0v) is 17.5. The Hall–Kier alpha value is -2.96. The summed E-state index contributed by atoms with van der Waals surface area (Å²) in [4.78, 5) is 12.8. The van der Waals surface area contributed by atoms with Crippen molar-refractivity contribution < 1.29 is 28.1 Å². The van der Waals surface area contributed by atoms with E-state index in [4.69, 9.17) is 18.9 Å². The summed E-state index contributed by atoms with van der Waals surface area (Å²) in [7, 11) is 1.40. The number of rotatable bonds is 10. The summed E-state index contributed by atoms with van der Waals surface area (Å²) in [5.74, 6) is 0.685. The van der Waals surface area contributed by atoms with Gasteiger partial charge in [-0.2, -0.15) is 0 Å². The molecule has 0 spiro atoms. The number of ether oxygens (including phenoxy) is 4. The average molecular weight is 405 g/mol. The smallest absolute Gasteiger partial charge is 0.252 e. The number of hydrogen-bond donors (Lipinski definition) is 1. The lowest BCUT2D eigenvalue weighted by molar-refractivity contribution is 0.0938. The van der Waals surface area contributed by atoms with E-state index in [9.17, 15) is 9.18 Å². The molecule has 0 aromatic heterocycles. The summed E-state index contributed by atoms with van der Waals surface area (Å²) in [5.41, 5.74) is 0.985. The molecule has 0 unspecified atom stereocenters. The van der Waals surface area contributed by atoms with Crippen LogP contribution in [-0.4, -0.2) is 32.8 Å². The van der Waals surface area contributed by atoms with Crippen molar-refractivity contribution >= 4 is 5.91 Å². The quantitative estimate of drug-likeness (QED) is 0.630. The highest BCUT2D eigenvalue weighted by Crippen LogP contribution is 2.39. The van der Waals surface area contributed by atoms with Crippen molar-refractivity contribution in [2.45, 2.75) is 33.7 Å². The number of halogens is 1. The van der Waals surface area contributed by atoms with Crippen LogP contribution < -0.4 is 24.3 Å². The fourth-order valence-corrected chi connectivity index (χ4v) is 2.84. The third-order valence-corrected chi connectivity index (χ3v) is 4.19. The molecule has 2 rings (SSSR count). The molecule has 29 heavy (non-hydrogen) atoms. The van der Waals surface area contributed by atoms with Gasteiger partial charge in [-0.05, 0) is 57.5 Å². The van der Waals surface area contributed by atoms with Gasteiger partial charge in [-0.3, -0.25) is 4.79 Å². The lowest BCUT2D eigenvalue weighted by atomic mass is 10.1. The van der Waals surface area contributed by atoms with Crippen LogP contribution in [0.15, 0.2) is 30.3 Å². The monoisotopic (exact) mass is 405 g/mol. The van der Waals surface area contributed by atoms with Crippen LogP contribution >= 0.6 is 0 Å². The summed E-state index contributed by atoms with van der Waals surface area (Å²) >= 11 is 0. The molecule has 0 aliphatic rings. The second kappa shape index (κ2) is 10.5. The molecule has 0 fully saturated rings. The van der Waals surface area contributed by atoms with Crippen molar-refractivity contribution in [3.05, 3.63) is 47.3 Å². The average Bonchev–Trinajstić information content (AvgIpc) is 2.70. The van der Waals surface area contributed by atoms with Crippen LogP contribution in [0.5, 0.6) is 23.0 Å². The first-order valence-electron chi connectivity index (χ1n) is 9.65. The largest absolute Gasteiger partial charge is 0.494 e. The Balaban J connectivity index is 2.30. The number of amides is 1. The Morgan fingerprint density at radius 3 is 2.03 bits per heavy atom. The molecule has 1 N–H and O–H groups in total. The lowest BCUT2D eigenvalue weighted by Gasteiger charge is -2.19. The molecule has 1 amide bonds. The second-order valence-electron chi connectivity index (χ2n) is 6.19. The number of methoxy groups -OCH3 is 1. The number of benzene rings is 2. The Kier molecular flexibility index (Phi) is 8.12. The third-order valence-electron chi connectivity index (χ3n) is 4.19. The van der Waals surface area contributed by atoms with E-state index in [0.717, 1.165) is 0 Å². The van der Waals surface area contributed by atoms with Gasteiger partial charge in [0.1, 0.15) is 0 Å². The van der Waals surface area contributed by atoms with Crippen LogP contribution in [-0.2, 0) is 0 Å². The van der Waals surface area contributed by atoms with E-state index in [1.165, 1.54) is 19.2 Å². The molecule has 0 radical (unpaired) electrons. The van der Waals surface area contributed by atoms with E-state index in [-0.39, 0.29) is 11.7 Å². The first-order valence-corrected chi connectivity index (χ1v) is 9.65. The maximum atomic E-state index is 14.0. The van der Waals surface area contributed by atoms with Gasteiger partial charge in [0.15, 0.2) is 23.1 Å². The van der Waals surface area contributed by atoms with Crippen LogP contribution in [0.3, 0.4) is 0 Å². The van der Waals surface area contributed by atoms with Crippen LogP contribution in [0.25, 0.3) is 0 Å². The van der Waals surface area contributed by atoms with Gasteiger partial charge < -0.3 is 24.3 Å². The van der Waals surface area contributed by atoms with Gasteiger partial charge in [0.25, 0.3) is 5.91 Å². The van der Waals surface area contributed by atoms with Gasteiger partial charge in [0, 0.05) is 5.56 Å². The lowest BCUT2D eigenvalue weighted by Crippen LogP contribution is -2.27. The number of hydrogen-bond acceptors (Lipinski definition) is 5. The number of carbonyl (C=O) groups is 1. The molecule has 1 atom stereocenters. The normalized spacial score (nSPS) is 11.5. The highest BCUT2D eigenvalue weighted by molar-refractivity contribution is 5.95. The van der Waals surface area contributed by atoms with Crippen LogP contribution in [0.1, 0.15) is 49.7 Å². The second-order valence-corrected chi connectivity index (χ2v) is 6.19. The topological polar surface area (TPSA) is 66.0 Å². The zero-order valence-electron chi connectivity index (χ0n) is 17.5. The van der Waals surface area contributed by atoms with Crippen molar-refractivity contribution in [2.75, 3.05) is 26.9 Å². The molecular weight excluding hydrogens is 377 g/mol. The van der Waals surface area contributed by atoms with E-state index in [0.29, 0.717) is 48.2 Å². The van der Waals surface area contributed by atoms with Crippen molar-refractivity contribution in [1.82, 2.24) is 5.32 Å². The van der Waals surface area contributed by atoms with E-state index in [1.807, 2.05) is 20.8 Å². The minimum Gasteiger partial charge on any atom is -0.494 e. The predicted molar refractivity (Wildman–Crippen MR) is 109 cm³/mol. The SMILES string of the molecule is CCOc1cc(C(=O)N[C@@H](C)c2ccc(OC)c(F)c2)cc(OCC)c1OCC. The van der Waals surface area contributed by atoms with E-state index >= 15 is 0 Å². The standard InChI is InChI=1S/C22H28FNO5/c1-6-27-19-12-16(13-20(28-7-2)21(19)29-8-3)22(25)24-14(4)15-9-10-18(26-5)17(23)11-15/h9-14H,6-8H2,1-5H3,(H,24,25)/t14-/m0/s1. The van der Waals surface area contributed by atoms with E-state index < -0.39 is 11.9 Å². The zero-order chi connectivity index (χ0) is 21.4. The molecule has 0 aliphatic heterocycles. The molecule has 2 aromatic carbocycles. The first-order chi connectivity index (χ1) is 13.9. The molecular formula is C22H28FNO5. The summed E-state index contributed by atoms with van der Waals surface area (Å²) in [6, 6.07) is 7.41. The van der Waals surface area contributed by atoms with E-state index in [2.05, 4.69) is 5.32 Å². The molecule has 2 aromatic rings. The van der Waals surface area contributed by atoms with Crippen LogP contribution in [0.4, 0.5) is 4.39 Å². The molecule has 7 heteroatoms. The Morgan fingerprint density at radius 2 is 1.55 bits per heavy atom. The Labute approximate surface area is 170 Å². The highest BCUT2D eigenvalue weighted by Gasteiger charge is 2.20. The number of carbonyl (C=O) groups excluding carboxylic acids is 1. The summed E-state index contributed by atoms with van der Waals surface area (Å²) in [6.45, 7) is 8.61. The van der Waals surface area contributed by atoms with E-state index in [1.54, 1.807) is 25.1 Å². The van der Waals surface area contributed by atoms with Gasteiger partial charge in [0.05, 0.1) is 33.0 Å². The van der Waals surface area contributed by atoms with Gasteiger partial charge >= 0.3 is 0 Å². The van der Waals surface area contributed by atoms with Crippen molar-refractivity contribution in [3.63, 3.8) is 0 Å². The van der Waals surface area contributed by atoms with Crippen LogP contribution in [0.2, 0.25) is 0 Å². The first kappa shape index (κ1) is 22.3. The predicted octanol–water partition coefficient (Wildman–Crippen LogP) is 4.52. The summed E-state index contributed by atoms with van der Waals surface area (Å²) in [6.07, 6.45) is 0. The Bertz CT molecular complexity index is 813. The minimum absolute atomic E-state index is 0.154. The van der Waals surface area contributed by atoms with Crippen molar-refractivity contribution in [1.29, 1.82) is 0 Å². The maximum absolute atomic E-state index is 14.0. The summed E-state index contributed by atoms with van der Waals surface area (Å²) in [5, 5.41) is 2.87. The van der Waals surface area contributed by atoms with Gasteiger partial charge in [-0.25, -0.2) is 4.39 Å². The highest BCUT2D eigenvalue weighted by atomic mass is 19.1. The molecule has 0 saturated heterocycles. The molecule has 0 saturated carbocycles. The molecule has 0 aliphatic carbocycles. The molecule has 0 heterocycles. The number of nitrogens with one attached hydrogen (secondary N) is 1. The minimum atomic E-state index is -0.482. The third kappa shape index (κ3) is 5.53. The summed E-state index contributed by atoms with van der Waals surface area (Å²) < 4.78 is 35.9. The maximum Gasteiger partial charge on any atom is 0.252 e. The van der Waals surface area contributed by atoms with Gasteiger partial charge in [-0.15, -0.1) is 0 Å². The molecule has 158 valence electrons. The van der Waals surface area contributed by atoms with Gasteiger partial charge in [-0.1, -0.05) is 6.07 Å². The molecule has 0 bridgehead atoms. The van der Waals surface area contributed by atoms with Gasteiger partial charge in [0.2, 0.25) is 5.75 Å².